The summed E-state index contributed by atoms with van der Waals surface area (Å²) in [6.45, 7) is 2.59. The van der Waals surface area contributed by atoms with Crippen molar-refractivity contribution < 1.29 is 13.2 Å². The summed E-state index contributed by atoms with van der Waals surface area (Å²) in [7, 11) is -3.27. The second-order valence-corrected chi connectivity index (χ2v) is 8.51. The van der Waals surface area contributed by atoms with E-state index >= 15 is 0 Å². The van der Waals surface area contributed by atoms with Gasteiger partial charge in [-0.15, -0.1) is 10.2 Å². The highest BCUT2D eigenvalue weighted by atomic mass is 32.2. The molecular weight excluding hydrogens is 354 g/mol. The number of piperidine rings is 1. The van der Waals surface area contributed by atoms with Gasteiger partial charge in [0.05, 0.1) is 17.4 Å². The minimum absolute atomic E-state index is 0.127. The maximum Gasteiger partial charge on any atom is 0.228 e. The molecule has 0 aliphatic carbocycles. The standard InChI is InChI=1S/C17H23N5O3S/c1-2-9-26(24,25)22-8-4-5-14(11-22)17(23)20-15-6-3-7-16(10-15)21-12-18-19-13-21/h3,6-7,10,12-14H,2,4-5,8-9,11H2,1H3,(H,20,23). The normalized spacial score (nSPS) is 18.6. The fraction of sp³-hybridized carbons (Fsp3) is 0.471. The van der Waals surface area contributed by atoms with Gasteiger partial charge in [-0.1, -0.05) is 13.0 Å². The van der Waals surface area contributed by atoms with Gasteiger partial charge in [0.1, 0.15) is 12.7 Å². The van der Waals surface area contributed by atoms with Crippen LogP contribution < -0.4 is 5.32 Å². The molecule has 1 aromatic carbocycles. The Balaban J connectivity index is 1.67. The predicted octanol–water partition coefficient (Wildman–Crippen LogP) is 1.66. The Morgan fingerprint density at radius 2 is 2.08 bits per heavy atom. The molecule has 2 heterocycles. The topological polar surface area (TPSA) is 97.2 Å². The van der Waals surface area contributed by atoms with Gasteiger partial charge in [-0.25, -0.2) is 12.7 Å². The SMILES string of the molecule is CCCS(=O)(=O)N1CCCC(C(=O)Nc2cccc(-n3cnnc3)c2)C1. The van der Waals surface area contributed by atoms with Crippen LogP contribution in [0, 0.1) is 5.92 Å². The van der Waals surface area contributed by atoms with Crippen molar-refractivity contribution in [2.24, 2.45) is 5.92 Å². The number of carbonyl (C=O) groups is 1. The summed E-state index contributed by atoms with van der Waals surface area (Å²) in [5, 5.41) is 10.4. The van der Waals surface area contributed by atoms with Crippen molar-refractivity contribution in [3.8, 4) is 5.69 Å². The van der Waals surface area contributed by atoms with Crippen LogP contribution in [0.1, 0.15) is 26.2 Å². The molecule has 26 heavy (non-hydrogen) atoms. The average Bonchev–Trinajstić information content (AvgIpc) is 3.17. The van der Waals surface area contributed by atoms with E-state index in [2.05, 4.69) is 15.5 Å². The number of rotatable bonds is 6. The van der Waals surface area contributed by atoms with Crippen molar-refractivity contribution in [2.75, 3.05) is 24.2 Å². The highest BCUT2D eigenvalue weighted by Gasteiger charge is 2.31. The van der Waals surface area contributed by atoms with E-state index in [1.807, 2.05) is 25.1 Å². The Labute approximate surface area is 153 Å². The number of aromatic nitrogens is 3. The van der Waals surface area contributed by atoms with E-state index in [1.54, 1.807) is 23.3 Å². The van der Waals surface area contributed by atoms with Crippen molar-refractivity contribution in [3.05, 3.63) is 36.9 Å². The largest absolute Gasteiger partial charge is 0.326 e. The van der Waals surface area contributed by atoms with E-state index < -0.39 is 10.0 Å². The fourth-order valence-electron chi connectivity index (χ4n) is 3.12. The lowest BCUT2D eigenvalue weighted by Gasteiger charge is -2.31. The molecule has 0 saturated carbocycles. The van der Waals surface area contributed by atoms with Crippen LogP contribution in [-0.2, 0) is 14.8 Å². The number of nitrogens with zero attached hydrogens (tertiary/aromatic N) is 4. The van der Waals surface area contributed by atoms with Gasteiger partial charge in [-0.3, -0.25) is 9.36 Å². The van der Waals surface area contributed by atoms with Crippen LogP contribution >= 0.6 is 0 Å². The summed E-state index contributed by atoms with van der Waals surface area (Å²) in [5.74, 6) is -0.362. The third-order valence-corrected chi connectivity index (χ3v) is 6.48. The van der Waals surface area contributed by atoms with Crippen molar-refractivity contribution in [1.82, 2.24) is 19.1 Å². The van der Waals surface area contributed by atoms with Crippen molar-refractivity contribution >= 4 is 21.6 Å². The summed E-state index contributed by atoms with van der Waals surface area (Å²) in [6.07, 6.45) is 5.12. The number of carbonyl (C=O) groups excluding carboxylic acids is 1. The van der Waals surface area contributed by atoms with Gasteiger partial charge in [-0.05, 0) is 37.5 Å². The van der Waals surface area contributed by atoms with Crippen molar-refractivity contribution in [3.63, 3.8) is 0 Å². The first-order valence-electron chi connectivity index (χ1n) is 8.73. The lowest BCUT2D eigenvalue weighted by Crippen LogP contribution is -2.44. The van der Waals surface area contributed by atoms with Crippen LogP contribution in [0.5, 0.6) is 0 Å². The minimum atomic E-state index is -3.27. The van der Waals surface area contributed by atoms with Crippen LogP contribution in [0.25, 0.3) is 5.69 Å². The lowest BCUT2D eigenvalue weighted by atomic mass is 9.98. The molecule has 9 heteroatoms. The Kier molecular flexibility index (Phi) is 5.67. The second kappa shape index (κ2) is 7.96. The van der Waals surface area contributed by atoms with Crippen molar-refractivity contribution in [1.29, 1.82) is 0 Å². The van der Waals surface area contributed by atoms with Crippen LogP contribution in [0.2, 0.25) is 0 Å². The number of nitrogens with one attached hydrogen (secondary N) is 1. The molecule has 0 spiro atoms. The summed E-state index contributed by atoms with van der Waals surface area (Å²) >= 11 is 0. The van der Waals surface area contributed by atoms with Crippen LogP contribution in [0.3, 0.4) is 0 Å². The number of hydrogen-bond donors (Lipinski definition) is 1. The first-order chi connectivity index (χ1) is 12.5. The van der Waals surface area contributed by atoms with Gasteiger partial charge in [0.2, 0.25) is 15.9 Å². The molecule has 1 N–H and O–H groups in total. The maximum absolute atomic E-state index is 12.6. The van der Waals surface area contributed by atoms with E-state index in [0.29, 0.717) is 31.5 Å². The first-order valence-corrected chi connectivity index (χ1v) is 10.3. The molecule has 1 fully saturated rings. The number of sulfonamides is 1. The second-order valence-electron chi connectivity index (χ2n) is 6.42. The zero-order valence-electron chi connectivity index (χ0n) is 14.7. The summed E-state index contributed by atoms with van der Waals surface area (Å²) < 4.78 is 27.7. The fourth-order valence-corrected chi connectivity index (χ4v) is 4.71. The van der Waals surface area contributed by atoms with Gasteiger partial charge in [0, 0.05) is 18.8 Å². The molecule has 1 aliphatic rings. The van der Waals surface area contributed by atoms with E-state index in [4.69, 9.17) is 0 Å². The molecule has 140 valence electrons. The Bertz CT molecular complexity index is 851. The molecule has 1 atom stereocenters. The smallest absolute Gasteiger partial charge is 0.228 e. The molecule has 8 nitrogen and oxygen atoms in total. The number of benzene rings is 1. The molecule has 1 aliphatic heterocycles. The molecular formula is C17H23N5O3S. The molecule has 1 saturated heterocycles. The van der Waals surface area contributed by atoms with E-state index in [9.17, 15) is 13.2 Å². The van der Waals surface area contributed by atoms with Crippen LogP contribution in [0.4, 0.5) is 5.69 Å². The van der Waals surface area contributed by atoms with E-state index in [-0.39, 0.29) is 24.1 Å². The molecule has 1 aromatic heterocycles. The van der Waals surface area contributed by atoms with Crippen LogP contribution in [-0.4, -0.2) is 52.2 Å². The number of hydrogen-bond acceptors (Lipinski definition) is 5. The predicted molar refractivity (Wildman–Crippen MR) is 98.4 cm³/mol. The Hall–Kier alpha value is -2.26. The Morgan fingerprint density at radius 3 is 2.81 bits per heavy atom. The minimum Gasteiger partial charge on any atom is -0.326 e. The molecule has 2 aromatic rings. The highest BCUT2D eigenvalue weighted by Crippen LogP contribution is 2.22. The third-order valence-electron chi connectivity index (χ3n) is 4.44. The molecule has 1 unspecified atom stereocenters. The summed E-state index contributed by atoms with van der Waals surface area (Å²) in [5.41, 5.74) is 1.50. The summed E-state index contributed by atoms with van der Waals surface area (Å²) in [6, 6.07) is 7.36. The van der Waals surface area contributed by atoms with Crippen molar-refractivity contribution in [2.45, 2.75) is 26.2 Å². The maximum atomic E-state index is 12.6. The lowest BCUT2D eigenvalue weighted by molar-refractivity contribution is -0.120. The molecule has 0 radical (unpaired) electrons. The molecule has 3 rings (SSSR count). The number of anilines is 1. The quantitative estimate of drug-likeness (QED) is 0.826. The first kappa shape index (κ1) is 18.5. The van der Waals surface area contributed by atoms with Gasteiger partial charge in [0.15, 0.2) is 0 Å². The number of amides is 1. The van der Waals surface area contributed by atoms with Gasteiger partial charge in [0.25, 0.3) is 0 Å². The summed E-state index contributed by atoms with van der Waals surface area (Å²) in [4.78, 5) is 12.6. The zero-order valence-corrected chi connectivity index (χ0v) is 15.5. The zero-order chi connectivity index (χ0) is 18.6. The third kappa shape index (κ3) is 4.28. The van der Waals surface area contributed by atoms with E-state index in [1.165, 1.54) is 4.31 Å². The average molecular weight is 377 g/mol. The van der Waals surface area contributed by atoms with Gasteiger partial charge < -0.3 is 5.32 Å². The monoisotopic (exact) mass is 377 g/mol. The van der Waals surface area contributed by atoms with Crippen LogP contribution in [0.15, 0.2) is 36.9 Å². The van der Waals surface area contributed by atoms with E-state index in [0.717, 1.165) is 5.69 Å². The van der Waals surface area contributed by atoms with Gasteiger partial charge in [-0.2, -0.15) is 0 Å². The highest BCUT2D eigenvalue weighted by molar-refractivity contribution is 7.89. The van der Waals surface area contributed by atoms with Gasteiger partial charge >= 0.3 is 0 Å². The Morgan fingerprint density at radius 1 is 1.31 bits per heavy atom. The molecule has 0 bridgehead atoms. The molecule has 1 amide bonds.